The van der Waals surface area contributed by atoms with Crippen LogP contribution in [0.15, 0.2) is 57.0 Å². The number of aromatic nitrogens is 2. The van der Waals surface area contributed by atoms with E-state index in [9.17, 15) is 0 Å². The Hall–Kier alpha value is -1.30. The molecule has 0 radical (unpaired) electrons. The standard InChI is InChI=1S/C14H12BrN3S/c15-11-7-10(6-5-9(11)8-16)19-14-17-12-3-1-2-4-13(12)18-14/h1-7H,8,16H2,(H,17,18). The van der Waals surface area contributed by atoms with E-state index < -0.39 is 0 Å². The van der Waals surface area contributed by atoms with Gasteiger partial charge in [0.2, 0.25) is 0 Å². The summed E-state index contributed by atoms with van der Waals surface area (Å²) >= 11 is 5.14. The summed E-state index contributed by atoms with van der Waals surface area (Å²) in [5.41, 5.74) is 8.80. The Morgan fingerprint density at radius 3 is 2.79 bits per heavy atom. The Kier molecular flexibility index (Phi) is 3.59. The van der Waals surface area contributed by atoms with Crippen LogP contribution in [0.4, 0.5) is 0 Å². The number of rotatable bonds is 3. The predicted molar refractivity (Wildman–Crippen MR) is 82.3 cm³/mol. The van der Waals surface area contributed by atoms with Gasteiger partial charge in [0.1, 0.15) is 0 Å². The quantitative estimate of drug-likeness (QED) is 0.763. The van der Waals surface area contributed by atoms with Crippen molar-refractivity contribution >= 4 is 38.7 Å². The van der Waals surface area contributed by atoms with Crippen LogP contribution in [0.2, 0.25) is 0 Å². The topological polar surface area (TPSA) is 54.7 Å². The van der Waals surface area contributed by atoms with E-state index in [0.717, 1.165) is 31.1 Å². The molecule has 0 saturated carbocycles. The molecule has 1 heterocycles. The Morgan fingerprint density at radius 1 is 1.21 bits per heavy atom. The summed E-state index contributed by atoms with van der Waals surface area (Å²) in [5, 5.41) is 0.897. The highest BCUT2D eigenvalue weighted by Gasteiger charge is 2.06. The highest BCUT2D eigenvalue weighted by atomic mass is 79.9. The van der Waals surface area contributed by atoms with Crippen LogP contribution in [0.3, 0.4) is 0 Å². The first kappa shape index (κ1) is 12.7. The van der Waals surface area contributed by atoms with Crippen molar-refractivity contribution in [2.24, 2.45) is 5.73 Å². The van der Waals surface area contributed by atoms with Gasteiger partial charge < -0.3 is 10.7 Å². The number of hydrogen-bond donors (Lipinski definition) is 2. The van der Waals surface area contributed by atoms with E-state index in [-0.39, 0.29) is 0 Å². The van der Waals surface area contributed by atoms with Gasteiger partial charge >= 0.3 is 0 Å². The second kappa shape index (κ2) is 5.36. The Morgan fingerprint density at radius 2 is 2.05 bits per heavy atom. The van der Waals surface area contributed by atoms with E-state index in [1.165, 1.54) is 0 Å². The summed E-state index contributed by atoms with van der Waals surface area (Å²) < 4.78 is 1.04. The molecule has 3 rings (SSSR count). The molecule has 0 atom stereocenters. The van der Waals surface area contributed by atoms with Crippen molar-refractivity contribution in [1.82, 2.24) is 9.97 Å². The largest absolute Gasteiger partial charge is 0.333 e. The molecule has 0 bridgehead atoms. The molecule has 2 aromatic carbocycles. The van der Waals surface area contributed by atoms with Crippen molar-refractivity contribution in [3.63, 3.8) is 0 Å². The molecule has 0 aliphatic heterocycles. The lowest BCUT2D eigenvalue weighted by Gasteiger charge is -2.03. The van der Waals surface area contributed by atoms with Crippen LogP contribution in [0.1, 0.15) is 5.56 Å². The molecule has 0 aliphatic rings. The van der Waals surface area contributed by atoms with E-state index in [4.69, 9.17) is 5.73 Å². The number of H-pyrrole nitrogens is 1. The van der Waals surface area contributed by atoms with E-state index in [1.807, 2.05) is 30.3 Å². The third-order valence-electron chi connectivity index (χ3n) is 2.83. The average Bonchev–Trinajstić information content (AvgIpc) is 2.81. The number of para-hydroxylation sites is 2. The Labute approximate surface area is 123 Å². The van der Waals surface area contributed by atoms with Gasteiger partial charge in [-0.15, -0.1) is 0 Å². The van der Waals surface area contributed by atoms with Gasteiger partial charge in [0.25, 0.3) is 0 Å². The van der Waals surface area contributed by atoms with E-state index >= 15 is 0 Å². The number of nitrogens with one attached hydrogen (secondary N) is 1. The van der Waals surface area contributed by atoms with Gasteiger partial charge in [-0.1, -0.05) is 45.9 Å². The highest BCUT2D eigenvalue weighted by Crippen LogP contribution is 2.30. The third kappa shape index (κ3) is 2.68. The smallest absolute Gasteiger partial charge is 0.171 e. The van der Waals surface area contributed by atoms with Crippen LogP contribution >= 0.6 is 27.7 Å². The number of hydrogen-bond acceptors (Lipinski definition) is 3. The molecule has 3 N–H and O–H groups in total. The van der Waals surface area contributed by atoms with E-state index in [0.29, 0.717) is 6.54 Å². The Bertz CT molecular complexity index is 691. The summed E-state index contributed by atoms with van der Waals surface area (Å²) in [6.45, 7) is 0.538. The van der Waals surface area contributed by atoms with Crippen LogP contribution in [0.5, 0.6) is 0 Å². The van der Waals surface area contributed by atoms with Crippen LogP contribution in [0, 0.1) is 0 Å². The predicted octanol–water partition coefficient (Wildman–Crippen LogP) is 3.94. The van der Waals surface area contributed by atoms with Crippen molar-refractivity contribution in [3.05, 3.63) is 52.5 Å². The lowest BCUT2D eigenvalue weighted by atomic mass is 10.2. The number of halogens is 1. The molecule has 96 valence electrons. The molecule has 0 fully saturated rings. The maximum absolute atomic E-state index is 5.65. The van der Waals surface area contributed by atoms with Crippen molar-refractivity contribution in [3.8, 4) is 0 Å². The SMILES string of the molecule is NCc1ccc(Sc2nc3ccccc3[nH]2)cc1Br. The number of fused-ring (bicyclic) bond motifs is 1. The van der Waals surface area contributed by atoms with Gasteiger partial charge in [-0.3, -0.25) is 0 Å². The normalized spacial score (nSPS) is 11.1. The van der Waals surface area contributed by atoms with Gasteiger partial charge in [-0.05, 0) is 29.8 Å². The van der Waals surface area contributed by atoms with Gasteiger partial charge in [0.05, 0.1) is 11.0 Å². The summed E-state index contributed by atoms with van der Waals surface area (Å²) in [5.74, 6) is 0. The third-order valence-corrected chi connectivity index (χ3v) is 4.44. The van der Waals surface area contributed by atoms with E-state index in [2.05, 4.69) is 38.0 Å². The number of nitrogens with zero attached hydrogens (tertiary/aromatic N) is 1. The summed E-state index contributed by atoms with van der Waals surface area (Å²) in [6.07, 6.45) is 0. The molecule has 19 heavy (non-hydrogen) atoms. The minimum absolute atomic E-state index is 0.538. The first-order valence-corrected chi connectivity index (χ1v) is 7.48. The van der Waals surface area contributed by atoms with Gasteiger partial charge in [-0.2, -0.15) is 0 Å². The van der Waals surface area contributed by atoms with Crippen LogP contribution < -0.4 is 5.73 Å². The van der Waals surface area contributed by atoms with Gasteiger partial charge in [-0.25, -0.2) is 4.98 Å². The second-order valence-electron chi connectivity index (χ2n) is 4.12. The van der Waals surface area contributed by atoms with Crippen LogP contribution in [-0.2, 0) is 6.54 Å². The highest BCUT2D eigenvalue weighted by molar-refractivity contribution is 9.10. The number of nitrogens with two attached hydrogens (primary N) is 1. The van der Waals surface area contributed by atoms with E-state index in [1.54, 1.807) is 11.8 Å². The number of imidazole rings is 1. The van der Waals surface area contributed by atoms with Crippen molar-refractivity contribution < 1.29 is 0 Å². The first-order chi connectivity index (χ1) is 9.26. The van der Waals surface area contributed by atoms with Crippen molar-refractivity contribution in [2.75, 3.05) is 0 Å². The molecule has 3 nitrogen and oxygen atoms in total. The molecule has 0 unspecified atom stereocenters. The minimum Gasteiger partial charge on any atom is -0.333 e. The average molecular weight is 334 g/mol. The maximum atomic E-state index is 5.65. The van der Waals surface area contributed by atoms with Crippen LogP contribution in [-0.4, -0.2) is 9.97 Å². The maximum Gasteiger partial charge on any atom is 0.171 e. The minimum atomic E-state index is 0.538. The molecule has 5 heteroatoms. The fourth-order valence-corrected chi connectivity index (χ4v) is 3.38. The summed E-state index contributed by atoms with van der Waals surface area (Å²) in [4.78, 5) is 8.98. The zero-order chi connectivity index (χ0) is 13.2. The number of benzene rings is 2. The lowest BCUT2D eigenvalue weighted by molar-refractivity contribution is 1.05. The van der Waals surface area contributed by atoms with Gasteiger partial charge in [0, 0.05) is 15.9 Å². The monoisotopic (exact) mass is 333 g/mol. The molecule has 0 amide bonds. The molecule has 0 spiro atoms. The molecule has 0 aliphatic carbocycles. The zero-order valence-electron chi connectivity index (χ0n) is 10.1. The molecular weight excluding hydrogens is 322 g/mol. The summed E-state index contributed by atoms with van der Waals surface area (Å²) in [7, 11) is 0. The Balaban J connectivity index is 1.90. The van der Waals surface area contributed by atoms with Crippen molar-refractivity contribution in [2.45, 2.75) is 16.6 Å². The summed E-state index contributed by atoms with van der Waals surface area (Å²) in [6, 6.07) is 14.2. The fourth-order valence-electron chi connectivity index (χ4n) is 1.85. The molecule has 1 aromatic heterocycles. The van der Waals surface area contributed by atoms with Gasteiger partial charge in [0.15, 0.2) is 5.16 Å². The fraction of sp³-hybridized carbons (Fsp3) is 0.0714. The van der Waals surface area contributed by atoms with Crippen molar-refractivity contribution in [1.29, 1.82) is 0 Å². The lowest BCUT2D eigenvalue weighted by Crippen LogP contribution is -1.96. The number of aromatic amines is 1. The van der Waals surface area contributed by atoms with Crippen LogP contribution in [0.25, 0.3) is 11.0 Å². The zero-order valence-corrected chi connectivity index (χ0v) is 12.5. The molecule has 3 aromatic rings. The first-order valence-electron chi connectivity index (χ1n) is 5.87. The second-order valence-corrected chi connectivity index (χ2v) is 6.04. The molecule has 0 saturated heterocycles. The molecular formula is C14H12BrN3S.